The second-order valence-corrected chi connectivity index (χ2v) is 3.97. The average Bonchev–Trinajstić information content (AvgIpc) is 2.34. The van der Waals surface area contributed by atoms with Crippen molar-refractivity contribution >= 4 is 5.91 Å². The molecule has 0 aliphatic carbocycles. The number of carbonyl (C=O) groups is 1. The average molecular weight is 236 g/mol. The molecule has 0 aliphatic heterocycles. The molecule has 0 spiro atoms. The third kappa shape index (κ3) is 5.36. The molecule has 0 aromatic heterocycles. The molecule has 0 unspecified atom stereocenters. The zero-order valence-corrected chi connectivity index (χ0v) is 9.98. The fourth-order valence-electron chi connectivity index (χ4n) is 1.56. The van der Waals surface area contributed by atoms with Gasteiger partial charge in [-0.2, -0.15) is 0 Å². The van der Waals surface area contributed by atoms with E-state index in [2.05, 4.69) is 5.32 Å². The Morgan fingerprint density at radius 1 is 1.29 bits per heavy atom. The van der Waals surface area contributed by atoms with Gasteiger partial charge in [0.1, 0.15) is 5.75 Å². The van der Waals surface area contributed by atoms with Crippen LogP contribution < -0.4 is 11.1 Å². The summed E-state index contributed by atoms with van der Waals surface area (Å²) in [6.45, 7) is 1.34. The van der Waals surface area contributed by atoms with Crippen molar-refractivity contribution < 1.29 is 9.90 Å². The van der Waals surface area contributed by atoms with E-state index in [1.165, 1.54) is 0 Å². The van der Waals surface area contributed by atoms with Crippen LogP contribution >= 0.6 is 0 Å². The quantitative estimate of drug-likeness (QED) is 0.622. The highest BCUT2D eigenvalue weighted by molar-refractivity contribution is 5.76. The van der Waals surface area contributed by atoms with E-state index in [4.69, 9.17) is 5.73 Å². The number of phenols is 1. The van der Waals surface area contributed by atoms with Crippen molar-refractivity contribution in [3.63, 3.8) is 0 Å². The molecule has 0 radical (unpaired) electrons. The lowest BCUT2D eigenvalue weighted by Gasteiger charge is -2.06. The van der Waals surface area contributed by atoms with Gasteiger partial charge in [-0.05, 0) is 37.4 Å². The van der Waals surface area contributed by atoms with Crippen molar-refractivity contribution in [2.24, 2.45) is 5.73 Å². The summed E-state index contributed by atoms with van der Waals surface area (Å²) in [7, 11) is 0. The van der Waals surface area contributed by atoms with E-state index in [0.29, 0.717) is 25.9 Å². The number of benzene rings is 1. The van der Waals surface area contributed by atoms with Crippen molar-refractivity contribution in [3.8, 4) is 5.75 Å². The van der Waals surface area contributed by atoms with Crippen molar-refractivity contribution in [2.75, 3.05) is 13.1 Å². The van der Waals surface area contributed by atoms with Crippen molar-refractivity contribution in [2.45, 2.75) is 25.7 Å². The van der Waals surface area contributed by atoms with Gasteiger partial charge < -0.3 is 16.2 Å². The molecular weight excluding hydrogens is 216 g/mol. The molecule has 17 heavy (non-hydrogen) atoms. The molecule has 0 bridgehead atoms. The van der Waals surface area contributed by atoms with Crippen molar-refractivity contribution in [1.82, 2.24) is 5.32 Å². The number of unbranched alkanes of at least 4 members (excludes halogenated alkanes) is 1. The van der Waals surface area contributed by atoms with Gasteiger partial charge in [-0.3, -0.25) is 4.79 Å². The topological polar surface area (TPSA) is 75.3 Å². The minimum Gasteiger partial charge on any atom is -0.508 e. The third-order valence-corrected chi connectivity index (χ3v) is 2.57. The van der Waals surface area contributed by atoms with E-state index in [0.717, 1.165) is 18.4 Å². The lowest BCUT2D eigenvalue weighted by molar-refractivity contribution is -0.121. The molecule has 0 aliphatic rings. The van der Waals surface area contributed by atoms with Gasteiger partial charge >= 0.3 is 0 Å². The van der Waals surface area contributed by atoms with Crippen LogP contribution in [0.25, 0.3) is 0 Å². The molecule has 4 heteroatoms. The number of aryl methyl sites for hydroxylation is 1. The second kappa shape index (κ2) is 7.68. The number of phenolic OH excluding ortho intramolecular Hbond substituents is 1. The molecule has 0 saturated heterocycles. The maximum Gasteiger partial charge on any atom is 0.220 e. The standard InChI is InChI=1S/C13H20N2O2/c14-9-3-4-10-15-13(17)8-7-11-5-1-2-6-12(11)16/h1-2,5-6,16H,3-4,7-10,14H2,(H,15,17). The van der Waals surface area contributed by atoms with Gasteiger partial charge in [-0.1, -0.05) is 18.2 Å². The first-order valence-electron chi connectivity index (χ1n) is 5.97. The Balaban J connectivity index is 2.22. The number of hydrogen-bond donors (Lipinski definition) is 3. The first-order valence-corrected chi connectivity index (χ1v) is 5.97. The molecule has 4 nitrogen and oxygen atoms in total. The van der Waals surface area contributed by atoms with Crippen LogP contribution in [-0.2, 0) is 11.2 Å². The number of carbonyl (C=O) groups excluding carboxylic acids is 1. The van der Waals surface area contributed by atoms with Crippen molar-refractivity contribution in [3.05, 3.63) is 29.8 Å². The highest BCUT2D eigenvalue weighted by atomic mass is 16.3. The van der Waals surface area contributed by atoms with Gasteiger partial charge in [0.25, 0.3) is 0 Å². The zero-order chi connectivity index (χ0) is 12.5. The highest BCUT2D eigenvalue weighted by Gasteiger charge is 2.04. The summed E-state index contributed by atoms with van der Waals surface area (Å²) in [6.07, 6.45) is 2.81. The van der Waals surface area contributed by atoms with Gasteiger partial charge in [0.2, 0.25) is 5.91 Å². The Hall–Kier alpha value is -1.55. The van der Waals surface area contributed by atoms with Crippen LogP contribution in [0.2, 0.25) is 0 Å². The summed E-state index contributed by atoms with van der Waals surface area (Å²) in [4.78, 5) is 11.5. The minimum absolute atomic E-state index is 0.0188. The predicted molar refractivity (Wildman–Crippen MR) is 67.7 cm³/mol. The fourth-order valence-corrected chi connectivity index (χ4v) is 1.56. The maximum absolute atomic E-state index is 11.5. The number of amides is 1. The normalized spacial score (nSPS) is 10.2. The Kier molecular flexibility index (Phi) is 6.10. The summed E-state index contributed by atoms with van der Waals surface area (Å²) in [5, 5.41) is 12.4. The Labute approximate surface area is 102 Å². The Morgan fingerprint density at radius 3 is 2.76 bits per heavy atom. The van der Waals surface area contributed by atoms with Crippen LogP contribution in [-0.4, -0.2) is 24.1 Å². The Morgan fingerprint density at radius 2 is 2.06 bits per heavy atom. The van der Waals surface area contributed by atoms with Gasteiger partial charge in [-0.15, -0.1) is 0 Å². The van der Waals surface area contributed by atoms with Crippen molar-refractivity contribution in [1.29, 1.82) is 0 Å². The van der Waals surface area contributed by atoms with Crippen LogP contribution in [0.5, 0.6) is 5.75 Å². The van der Waals surface area contributed by atoms with Gasteiger partial charge in [-0.25, -0.2) is 0 Å². The summed E-state index contributed by atoms with van der Waals surface area (Å²) >= 11 is 0. The van der Waals surface area contributed by atoms with E-state index in [1.54, 1.807) is 12.1 Å². The van der Waals surface area contributed by atoms with Crippen LogP contribution in [0.4, 0.5) is 0 Å². The first kappa shape index (κ1) is 13.5. The van der Waals surface area contributed by atoms with Gasteiger partial charge in [0.05, 0.1) is 0 Å². The third-order valence-electron chi connectivity index (χ3n) is 2.57. The number of nitrogens with two attached hydrogens (primary N) is 1. The van der Waals surface area contributed by atoms with E-state index in [-0.39, 0.29) is 11.7 Å². The highest BCUT2D eigenvalue weighted by Crippen LogP contribution is 2.16. The number of hydrogen-bond acceptors (Lipinski definition) is 3. The lowest BCUT2D eigenvalue weighted by atomic mass is 10.1. The predicted octanol–water partition coefficient (Wildman–Crippen LogP) is 1.18. The fraction of sp³-hybridized carbons (Fsp3) is 0.462. The van der Waals surface area contributed by atoms with E-state index >= 15 is 0 Å². The first-order chi connectivity index (χ1) is 8.24. The molecule has 1 rings (SSSR count). The zero-order valence-electron chi connectivity index (χ0n) is 9.98. The molecule has 1 aromatic rings. The molecule has 0 heterocycles. The molecule has 1 amide bonds. The number of aromatic hydroxyl groups is 1. The summed E-state index contributed by atoms with van der Waals surface area (Å²) in [5.41, 5.74) is 6.17. The maximum atomic E-state index is 11.5. The van der Waals surface area contributed by atoms with Crippen LogP contribution in [0.3, 0.4) is 0 Å². The largest absolute Gasteiger partial charge is 0.508 e. The lowest BCUT2D eigenvalue weighted by Crippen LogP contribution is -2.25. The monoisotopic (exact) mass is 236 g/mol. The summed E-state index contributed by atoms with van der Waals surface area (Å²) in [6, 6.07) is 7.09. The number of rotatable bonds is 7. The van der Waals surface area contributed by atoms with E-state index in [9.17, 15) is 9.90 Å². The van der Waals surface area contributed by atoms with E-state index < -0.39 is 0 Å². The molecule has 0 fully saturated rings. The molecular formula is C13H20N2O2. The smallest absolute Gasteiger partial charge is 0.220 e. The van der Waals surface area contributed by atoms with Crippen LogP contribution in [0.1, 0.15) is 24.8 Å². The summed E-state index contributed by atoms with van der Waals surface area (Å²) in [5.74, 6) is 0.272. The molecule has 0 atom stereocenters. The second-order valence-electron chi connectivity index (χ2n) is 3.97. The summed E-state index contributed by atoms with van der Waals surface area (Å²) < 4.78 is 0. The molecule has 4 N–H and O–H groups in total. The van der Waals surface area contributed by atoms with Crippen LogP contribution in [0, 0.1) is 0 Å². The number of para-hydroxylation sites is 1. The molecule has 0 saturated carbocycles. The molecule has 94 valence electrons. The van der Waals surface area contributed by atoms with Crippen LogP contribution in [0.15, 0.2) is 24.3 Å². The van der Waals surface area contributed by atoms with E-state index in [1.807, 2.05) is 12.1 Å². The van der Waals surface area contributed by atoms with Gasteiger partial charge in [0.15, 0.2) is 0 Å². The Bertz CT molecular complexity index is 353. The SMILES string of the molecule is NCCCCNC(=O)CCc1ccccc1O. The molecule has 1 aromatic carbocycles. The minimum atomic E-state index is 0.0188. The van der Waals surface area contributed by atoms with Gasteiger partial charge in [0, 0.05) is 13.0 Å². The number of nitrogens with one attached hydrogen (secondary N) is 1.